The number of alkyl halides is 1. The van der Waals surface area contributed by atoms with Crippen LogP contribution in [0.4, 0.5) is 0 Å². The van der Waals surface area contributed by atoms with Crippen molar-refractivity contribution in [1.29, 1.82) is 0 Å². The molecule has 0 heterocycles. The quantitative estimate of drug-likeness (QED) is 0.813. The van der Waals surface area contributed by atoms with Gasteiger partial charge < -0.3 is 5.32 Å². The van der Waals surface area contributed by atoms with Crippen LogP contribution in [0.5, 0.6) is 0 Å². The molecule has 2 nitrogen and oxygen atoms in total. The topological polar surface area (TPSA) is 29.1 Å². The Balaban J connectivity index is 2.75. The number of rotatable bonds is 5. The lowest BCUT2D eigenvalue weighted by Crippen LogP contribution is -2.34. The summed E-state index contributed by atoms with van der Waals surface area (Å²) in [4.78, 5) is 11.9. The van der Waals surface area contributed by atoms with Gasteiger partial charge in [-0.2, -0.15) is 0 Å². The molecule has 0 aromatic heterocycles. The molecule has 0 aliphatic rings. The van der Waals surface area contributed by atoms with Crippen LogP contribution in [0.1, 0.15) is 30.1 Å². The highest BCUT2D eigenvalue weighted by Gasteiger charge is 2.12. The van der Waals surface area contributed by atoms with Crippen LogP contribution in [-0.4, -0.2) is 17.8 Å². The van der Waals surface area contributed by atoms with Crippen molar-refractivity contribution in [2.75, 3.05) is 5.88 Å². The van der Waals surface area contributed by atoms with Gasteiger partial charge in [0.15, 0.2) is 0 Å². The summed E-state index contributed by atoms with van der Waals surface area (Å²) in [6.07, 6.45) is 1.59. The standard InChI is InChI=1S/C12H14Cl3NO/c1-2-11(3-4-13)16-12(17)8-5-9(14)7-10(15)6-8/h5-7,11H,2-4H2,1H3,(H,16,17). The minimum atomic E-state index is -0.175. The SMILES string of the molecule is CCC(CCCl)NC(=O)c1cc(Cl)cc(Cl)c1. The molecule has 0 spiro atoms. The molecule has 0 saturated heterocycles. The molecule has 1 aromatic carbocycles. The average Bonchev–Trinajstić information content (AvgIpc) is 2.27. The Morgan fingerprint density at radius 3 is 2.35 bits per heavy atom. The van der Waals surface area contributed by atoms with Crippen molar-refractivity contribution < 1.29 is 4.79 Å². The van der Waals surface area contributed by atoms with Crippen LogP contribution >= 0.6 is 34.8 Å². The molecule has 1 atom stereocenters. The van der Waals surface area contributed by atoms with Crippen LogP contribution in [0.25, 0.3) is 0 Å². The minimum Gasteiger partial charge on any atom is -0.349 e. The maximum atomic E-state index is 11.9. The van der Waals surface area contributed by atoms with Crippen LogP contribution in [0.3, 0.4) is 0 Å². The molecule has 1 rings (SSSR count). The smallest absolute Gasteiger partial charge is 0.251 e. The lowest BCUT2D eigenvalue weighted by atomic mass is 10.1. The molecule has 1 amide bonds. The maximum Gasteiger partial charge on any atom is 0.251 e. The van der Waals surface area contributed by atoms with Crippen molar-refractivity contribution in [2.24, 2.45) is 0 Å². The fourth-order valence-corrected chi connectivity index (χ4v) is 2.25. The van der Waals surface area contributed by atoms with E-state index < -0.39 is 0 Å². The van der Waals surface area contributed by atoms with E-state index in [4.69, 9.17) is 34.8 Å². The Morgan fingerprint density at radius 1 is 1.29 bits per heavy atom. The molecule has 0 bridgehead atoms. The third-order valence-electron chi connectivity index (χ3n) is 2.41. The number of nitrogens with one attached hydrogen (secondary N) is 1. The number of carbonyl (C=O) groups excluding carboxylic acids is 1. The molecule has 5 heteroatoms. The summed E-state index contributed by atoms with van der Waals surface area (Å²) in [5.74, 6) is 0.348. The number of hydrogen-bond acceptors (Lipinski definition) is 1. The van der Waals surface area contributed by atoms with Crippen LogP contribution in [0.15, 0.2) is 18.2 Å². The van der Waals surface area contributed by atoms with E-state index in [0.717, 1.165) is 12.8 Å². The van der Waals surface area contributed by atoms with E-state index in [1.165, 1.54) is 0 Å². The van der Waals surface area contributed by atoms with E-state index in [2.05, 4.69) is 5.32 Å². The molecule has 0 aliphatic carbocycles. The van der Waals surface area contributed by atoms with Crippen molar-refractivity contribution in [3.63, 3.8) is 0 Å². The van der Waals surface area contributed by atoms with Gasteiger partial charge in [0.05, 0.1) is 0 Å². The van der Waals surface area contributed by atoms with Crippen LogP contribution < -0.4 is 5.32 Å². The number of halogens is 3. The summed E-state index contributed by atoms with van der Waals surface area (Å²) in [5.41, 5.74) is 0.468. The Morgan fingerprint density at radius 2 is 1.88 bits per heavy atom. The first kappa shape index (κ1) is 14.6. The van der Waals surface area contributed by atoms with Crippen LogP contribution in [0, 0.1) is 0 Å². The number of amides is 1. The van der Waals surface area contributed by atoms with Gasteiger partial charge in [-0.3, -0.25) is 4.79 Å². The molecule has 94 valence electrons. The fraction of sp³-hybridized carbons (Fsp3) is 0.417. The largest absolute Gasteiger partial charge is 0.349 e. The summed E-state index contributed by atoms with van der Waals surface area (Å²) >= 11 is 17.3. The number of carbonyl (C=O) groups is 1. The number of hydrogen-bond donors (Lipinski definition) is 1. The first-order valence-electron chi connectivity index (χ1n) is 5.39. The predicted octanol–water partition coefficient (Wildman–Crippen LogP) is 4.13. The second kappa shape index (κ2) is 7.10. The van der Waals surface area contributed by atoms with Crippen molar-refractivity contribution in [1.82, 2.24) is 5.32 Å². The first-order chi connectivity index (χ1) is 8.06. The van der Waals surface area contributed by atoms with Gasteiger partial charge in [-0.05, 0) is 31.0 Å². The molecule has 1 aromatic rings. The molecular formula is C12H14Cl3NO. The third kappa shape index (κ3) is 4.74. The van der Waals surface area contributed by atoms with Crippen molar-refractivity contribution in [2.45, 2.75) is 25.8 Å². The third-order valence-corrected chi connectivity index (χ3v) is 3.06. The molecular weight excluding hydrogens is 280 g/mol. The van der Waals surface area contributed by atoms with E-state index in [0.29, 0.717) is 21.5 Å². The van der Waals surface area contributed by atoms with Crippen LogP contribution in [-0.2, 0) is 0 Å². The van der Waals surface area contributed by atoms with E-state index in [-0.39, 0.29) is 11.9 Å². The summed E-state index contributed by atoms with van der Waals surface area (Å²) in [5, 5.41) is 3.80. The van der Waals surface area contributed by atoms with Gasteiger partial charge in [-0.1, -0.05) is 30.1 Å². The molecule has 0 radical (unpaired) electrons. The maximum absolute atomic E-state index is 11.9. The Kier molecular flexibility index (Phi) is 6.10. The summed E-state index contributed by atoms with van der Waals surface area (Å²) in [7, 11) is 0. The molecule has 17 heavy (non-hydrogen) atoms. The Labute approximate surface area is 116 Å². The molecule has 0 aliphatic heterocycles. The highest BCUT2D eigenvalue weighted by Crippen LogP contribution is 2.19. The van der Waals surface area contributed by atoms with E-state index in [1.54, 1.807) is 18.2 Å². The van der Waals surface area contributed by atoms with E-state index in [9.17, 15) is 4.79 Å². The summed E-state index contributed by atoms with van der Waals surface area (Å²) in [6, 6.07) is 4.86. The van der Waals surface area contributed by atoms with Gasteiger partial charge >= 0.3 is 0 Å². The molecule has 0 fully saturated rings. The zero-order valence-corrected chi connectivity index (χ0v) is 11.7. The molecule has 1 N–H and O–H groups in total. The zero-order chi connectivity index (χ0) is 12.8. The highest BCUT2D eigenvalue weighted by atomic mass is 35.5. The normalized spacial score (nSPS) is 12.2. The van der Waals surface area contributed by atoms with Crippen molar-refractivity contribution >= 4 is 40.7 Å². The second-order valence-corrected chi connectivity index (χ2v) is 4.97. The monoisotopic (exact) mass is 293 g/mol. The molecule has 1 unspecified atom stereocenters. The van der Waals surface area contributed by atoms with Gasteiger partial charge in [-0.15, -0.1) is 11.6 Å². The lowest BCUT2D eigenvalue weighted by molar-refractivity contribution is 0.0935. The van der Waals surface area contributed by atoms with E-state index in [1.807, 2.05) is 6.92 Å². The zero-order valence-electron chi connectivity index (χ0n) is 9.47. The Hall–Kier alpha value is -0.440. The first-order valence-corrected chi connectivity index (χ1v) is 6.68. The summed E-state index contributed by atoms with van der Waals surface area (Å²) < 4.78 is 0. The summed E-state index contributed by atoms with van der Waals surface area (Å²) in [6.45, 7) is 2.00. The lowest BCUT2D eigenvalue weighted by Gasteiger charge is -2.15. The predicted molar refractivity (Wildman–Crippen MR) is 73.3 cm³/mol. The average molecular weight is 295 g/mol. The Bertz CT molecular complexity index is 375. The van der Waals surface area contributed by atoms with Gasteiger partial charge in [0.25, 0.3) is 5.91 Å². The van der Waals surface area contributed by atoms with Gasteiger partial charge in [0.1, 0.15) is 0 Å². The van der Waals surface area contributed by atoms with Gasteiger partial charge in [0.2, 0.25) is 0 Å². The van der Waals surface area contributed by atoms with Gasteiger partial charge in [-0.25, -0.2) is 0 Å². The number of benzene rings is 1. The van der Waals surface area contributed by atoms with Crippen LogP contribution in [0.2, 0.25) is 10.0 Å². The minimum absolute atomic E-state index is 0.0813. The van der Waals surface area contributed by atoms with Crippen molar-refractivity contribution in [3.05, 3.63) is 33.8 Å². The fourth-order valence-electron chi connectivity index (χ4n) is 1.46. The van der Waals surface area contributed by atoms with E-state index >= 15 is 0 Å². The van der Waals surface area contributed by atoms with Crippen molar-refractivity contribution in [3.8, 4) is 0 Å². The highest BCUT2D eigenvalue weighted by molar-refractivity contribution is 6.35. The second-order valence-electron chi connectivity index (χ2n) is 3.71. The van der Waals surface area contributed by atoms with Gasteiger partial charge in [0, 0.05) is 27.5 Å². The molecule has 0 saturated carbocycles.